The highest BCUT2D eigenvalue weighted by Gasteiger charge is 2.05. The van der Waals surface area contributed by atoms with Crippen molar-refractivity contribution in [3.05, 3.63) is 44.4 Å². The number of pyridine rings is 1. The van der Waals surface area contributed by atoms with E-state index in [9.17, 15) is 0 Å². The molecule has 17 heavy (non-hydrogen) atoms. The molecule has 2 rings (SSSR count). The Morgan fingerprint density at radius 2 is 1.94 bits per heavy atom. The predicted octanol–water partition coefficient (Wildman–Crippen LogP) is 4.59. The van der Waals surface area contributed by atoms with Crippen LogP contribution in [-0.4, -0.2) is 4.98 Å². The summed E-state index contributed by atoms with van der Waals surface area (Å²) in [5.74, 6) is 0.542. The Kier molecular flexibility index (Phi) is 3.91. The first kappa shape index (κ1) is 12.7. The minimum Gasteiger partial charge on any atom is -0.396 e. The standard InChI is InChI=1S/C11H8Br2ClN3/c12-6-1-3-9(7(13)5-6)16-11-8(15)2-4-10(14)17-11/h1-5H,15H2,(H,16,17). The van der Waals surface area contributed by atoms with Crippen LogP contribution < -0.4 is 11.1 Å². The third kappa shape index (κ3) is 3.12. The molecule has 0 saturated carbocycles. The first-order chi connectivity index (χ1) is 8.06. The van der Waals surface area contributed by atoms with Crippen molar-refractivity contribution >= 4 is 60.7 Å². The van der Waals surface area contributed by atoms with Gasteiger partial charge in [0, 0.05) is 8.95 Å². The SMILES string of the molecule is Nc1ccc(Cl)nc1Nc1ccc(Br)cc1Br. The Bertz CT molecular complexity index is 560. The molecule has 1 heterocycles. The predicted molar refractivity (Wildman–Crippen MR) is 78.8 cm³/mol. The van der Waals surface area contributed by atoms with E-state index < -0.39 is 0 Å². The van der Waals surface area contributed by atoms with Gasteiger partial charge < -0.3 is 11.1 Å². The van der Waals surface area contributed by atoms with Crippen molar-refractivity contribution in [1.29, 1.82) is 0 Å². The molecular formula is C11H8Br2ClN3. The van der Waals surface area contributed by atoms with E-state index in [1.165, 1.54) is 0 Å². The summed E-state index contributed by atoms with van der Waals surface area (Å²) in [7, 11) is 0. The van der Waals surface area contributed by atoms with Crippen LogP contribution in [0.25, 0.3) is 0 Å². The highest BCUT2D eigenvalue weighted by Crippen LogP contribution is 2.30. The number of anilines is 3. The van der Waals surface area contributed by atoms with Gasteiger partial charge in [-0.3, -0.25) is 0 Å². The third-order valence-corrected chi connectivity index (χ3v) is 3.44. The smallest absolute Gasteiger partial charge is 0.155 e. The van der Waals surface area contributed by atoms with Crippen molar-refractivity contribution in [2.24, 2.45) is 0 Å². The van der Waals surface area contributed by atoms with Gasteiger partial charge in [-0.05, 0) is 46.3 Å². The van der Waals surface area contributed by atoms with Gasteiger partial charge in [0.25, 0.3) is 0 Å². The van der Waals surface area contributed by atoms with Crippen LogP contribution >= 0.6 is 43.5 Å². The summed E-state index contributed by atoms with van der Waals surface area (Å²) in [4.78, 5) is 4.13. The van der Waals surface area contributed by atoms with Crippen LogP contribution in [0.2, 0.25) is 5.15 Å². The zero-order valence-corrected chi connectivity index (χ0v) is 12.5. The molecule has 0 aliphatic heterocycles. The first-order valence-corrected chi connectivity index (χ1v) is 6.67. The van der Waals surface area contributed by atoms with Crippen molar-refractivity contribution < 1.29 is 0 Å². The molecule has 6 heteroatoms. The van der Waals surface area contributed by atoms with Crippen LogP contribution in [0.1, 0.15) is 0 Å². The maximum Gasteiger partial charge on any atom is 0.155 e. The number of nitrogens with one attached hydrogen (secondary N) is 1. The second-order valence-corrected chi connectivity index (χ2v) is 5.48. The lowest BCUT2D eigenvalue weighted by Crippen LogP contribution is -1.99. The normalized spacial score (nSPS) is 10.3. The van der Waals surface area contributed by atoms with Gasteiger partial charge in [0.1, 0.15) is 5.15 Å². The monoisotopic (exact) mass is 375 g/mol. The van der Waals surface area contributed by atoms with Gasteiger partial charge in [-0.1, -0.05) is 27.5 Å². The average Bonchev–Trinajstić information content (AvgIpc) is 2.27. The molecule has 0 amide bonds. The van der Waals surface area contributed by atoms with Gasteiger partial charge >= 0.3 is 0 Å². The lowest BCUT2D eigenvalue weighted by atomic mass is 10.3. The highest BCUT2D eigenvalue weighted by molar-refractivity contribution is 9.11. The lowest BCUT2D eigenvalue weighted by Gasteiger charge is -2.10. The Morgan fingerprint density at radius 3 is 2.65 bits per heavy atom. The van der Waals surface area contributed by atoms with E-state index in [4.69, 9.17) is 17.3 Å². The molecule has 0 aliphatic carbocycles. The molecule has 88 valence electrons. The fourth-order valence-electron chi connectivity index (χ4n) is 1.26. The largest absolute Gasteiger partial charge is 0.396 e. The summed E-state index contributed by atoms with van der Waals surface area (Å²) in [6.45, 7) is 0. The number of aromatic nitrogens is 1. The van der Waals surface area contributed by atoms with E-state index in [0.717, 1.165) is 14.6 Å². The van der Waals surface area contributed by atoms with Crippen LogP contribution in [0, 0.1) is 0 Å². The van der Waals surface area contributed by atoms with Crippen LogP contribution in [0.15, 0.2) is 39.3 Å². The summed E-state index contributed by atoms with van der Waals surface area (Å²) in [6.07, 6.45) is 0. The van der Waals surface area contributed by atoms with Gasteiger partial charge in [0.2, 0.25) is 0 Å². The van der Waals surface area contributed by atoms with Crippen molar-refractivity contribution in [3.8, 4) is 0 Å². The van der Waals surface area contributed by atoms with E-state index in [1.807, 2.05) is 18.2 Å². The Hall–Kier alpha value is -0.780. The van der Waals surface area contributed by atoms with Crippen LogP contribution in [0.3, 0.4) is 0 Å². The minimum atomic E-state index is 0.398. The van der Waals surface area contributed by atoms with Crippen LogP contribution in [0.4, 0.5) is 17.2 Å². The van der Waals surface area contributed by atoms with E-state index in [2.05, 4.69) is 42.2 Å². The molecule has 0 atom stereocenters. The molecular weight excluding hydrogens is 369 g/mol. The number of halogens is 3. The molecule has 0 saturated heterocycles. The molecule has 0 spiro atoms. The van der Waals surface area contributed by atoms with E-state index in [-0.39, 0.29) is 0 Å². The second kappa shape index (κ2) is 5.25. The van der Waals surface area contributed by atoms with Crippen molar-refractivity contribution in [1.82, 2.24) is 4.98 Å². The maximum atomic E-state index is 5.82. The average molecular weight is 377 g/mol. The highest BCUT2D eigenvalue weighted by atomic mass is 79.9. The second-order valence-electron chi connectivity index (χ2n) is 3.32. The number of nitrogen functional groups attached to an aromatic ring is 1. The molecule has 2 aromatic rings. The molecule has 0 aliphatic rings. The molecule has 1 aromatic carbocycles. The summed E-state index contributed by atoms with van der Waals surface area (Å²) in [5.41, 5.74) is 7.22. The number of nitrogens with zero attached hydrogens (tertiary/aromatic N) is 1. The first-order valence-electron chi connectivity index (χ1n) is 4.70. The fraction of sp³-hybridized carbons (Fsp3) is 0. The van der Waals surface area contributed by atoms with Crippen molar-refractivity contribution in [3.63, 3.8) is 0 Å². The van der Waals surface area contributed by atoms with E-state index >= 15 is 0 Å². The maximum absolute atomic E-state index is 5.82. The number of rotatable bonds is 2. The van der Waals surface area contributed by atoms with Crippen molar-refractivity contribution in [2.75, 3.05) is 11.1 Å². The van der Waals surface area contributed by atoms with Gasteiger partial charge in [-0.2, -0.15) is 0 Å². The van der Waals surface area contributed by atoms with E-state index in [0.29, 0.717) is 16.7 Å². The summed E-state index contributed by atoms with van der Waals surface area (Å²) >= 11 is 12.7. The summed E-state index contributed by atoms with van der Waals surface area (Å²) < 4.78 is 1.90. The van der Waals surface area contributed by atoms with Crippen molar-refractivity contribution in [2.45, 2.75) is 0 Å². The Balaban J connectivity index is 2.34. The minimum absolute atomic E-state index is 0.398. The van der Waals surface area contributed by atoms with Gasteiger partial charge in [0.05, 0.1) is 11.4 Å². The molecule has 0 bridgehead atoms. The van der Waals surface area contributed by atoms with Gasteiger partial charge in [-0.15, -0.1) is 0 Å². The zero-order valence-electron chi connectivity index (χ0n) is 8.55. The number of nitrogens with two attached hydrogens (primary N) is 1. The van der Waals surface area contributed by atoms with Gasteiger partial charge in [0.15, 0.2) is 5.82 Å². The Labute approximate surface area is 121 Å². The lowest BCUT2D eigenvalue weighted by molar-refractivity contribution is 1.31. The van der Waals surface area contributed by atoms with Gasteiger partial charge in [-0.25, -0.2) is 4.98 Å². The third-order valence-electron chi connectivity index (χ3n) is 2.08. The number of hydrogen-bond acceptors (Lipinski definition) is 3. The van der Waals surface area contributed by atoms with E-state index in [1.54, 1.807) is 12.1 Å². The summed E-state index contributed by atoms with van der Waals surface area (Å²) in [5, 5.41) is 3.52. The fourth-order valence-corrected chi connectivity index (χ4v) is 2.56. The molecule has 0 radical (unpaired) electrons. The van der Waals surface area contributed by atoms with Crippen LogP contribution in [0.5, 0.6) is 0 Å². The quantitative estimate of drug-likeness (QED) is 0.753. The zero-order chi connectivity index (χ0) is 12.4. The molecule has 3 N–H and O–H groups in total. The molecule has 0 unspecified atom stereocenters. The Morgan fingerprint density at radius 1 is 1.18 bits per heavy atom. The summed E-state index contributed by atoms with van der Waals surface area (Å²) in [6, 6.07) is 9.14. The molecule has 1 aromatic heterocycles. The topological polar surface area (TPSA) is 50.9 Å². The molecule has 0 fully saturated rings. The molecule has 3 nitrogen and oxygen atoms in total. The number of hydrogen-bond donors (Lipinski definition) is 2. The number of benzene rings is 1. The van der Waals surface area contributed by atoms with Crippen LogP contribution in [-0.2, 0) is 0 Å².